The van der Waals surface area contributed by atoms with E-state index in [9.17, 15) is 4.79 Å². The lowest BCUT2D eigenvalue weighted by molar-refractivity contribution is -0.125. The summed E-state index contributed by atoms with van der Waals surface area (Å²) in [5.74, 6) is 3.87. The van der Waals surface area contributed by atoms with Crippen LogP contribution >= 0.6 is 11.8 Å². The van der Waals surface area contributed by atoms with Crippen LogP contribution in [0.1, 0.15) is 26.2 Å². The summed E-state index contributed by atoms with van der Waals surface area (Å²) in [6.45, 7) is 4.03. The molecule has 0 radical (unpaired) electrons. The van der Waals surface area contributed by atoms with Gasteiger partial charge in [-0.3, -0.25) is 4.79 Å². The molecule has 0 aliphatic carbocycles. The number of amides is 1. The van der Waals surface area contributed by atoms with Gasteiger partial charge in [0.2, 0.25) is 5.91 Å². The van der Waals surface area contributed by atoms with Gasteiger partial charge in [0.1, 0.15) is 0 Å². The van der Waals surface area contributed by atoms with Gasteiger partial charge >= 0.3 is 0 Å². The SMILES string of the molecule is CC1CCCNC1C(=O)NCC1CCSC1. The average molecular weight is 242 g/mol. The maximum absolute atomic E-state index is 12.0. The molecule has 92 valence electrons. The summed E-state index contributed by atoms with van der Waals surface area (Å²) in [4.78, 5) is 12.0. The largest absolute Gasteiger partial charge is 0.354 e. The van der Waals surface area contributed by atoms with Crippen LogP contribution in [0.5, 0.6) is 0 Å². The fourth-order valence-electron chi connectivity index (χ4n) is 2.50. The van der Waals surface area contributed by atoms with Crippen LogP contribution in [0.2, 0.25) is 0 Å². The summed E-state index contributed by atoms with van der Waals surface area (Å²) in [7, 11) is 0. The van der Waals surface area contributed by atoms with Gasteiger partial charge in [0, 0.05) is 6.54 Å². The van der Waals surface area contributed by atoms with Crippen molar-refractivity contribution in [3.05, 3.63) is 0 Å². The van der Waals surface area contributed by atoms with E-state index in [1.54, 1.807) is 0 Å². The van der Waals surface area contributed by atoms with Crippen LogP contribution in [0.4, 0.5) is 0 Å². The van der Waals surface area contributed by atoms with Crippen LogP contribution in [0.25, 0.3) is 0 Å². The van der Waals surface area contributed by atoms with Crippen LogP contribution in [0.15, 0.2) is 0 Å². The highest BCUT2D eigenvalue weighted by Gasteiger charge is 2.27. The van der Waals surface area contributed by atoms with Crippen molar-refractivity contribution in [1.29, 1.82) is 0 Å². The molecule has 0 aromatic rings. The number of rotatable bonds is 3. The Bertz CT molecular complexity index is 241. The minimum absolute atomic E-state index is 0.0443. The molecule has 16 heavy (non-hydrogen) atoms. The fourth-order valence-corrected chi connectivity index (χ4v) is 3.78. The van der Waals surface area contributed by atoms with Gasteiger partial charge in [-0.05, 0) is 49.1 Å². The Balaban J connectivity index is 1.73. The highest BCUT2D eigenvalue weighted by Crippen LogP contribution is 2.22. The molecular formula is C12H22N2OS. The zero-order valence-corrected chi connectivity index (χ0v) is 10.8. The molecule has 4 heteroatoms. The van der Waals surface area contributed by atoms with Crippen LogP contribution in [-0.4, -0.2) is 36.5 Å². The Labute approximate surface area is 102 Å². The zero-order valence-electron chi connectivity index (χ0n) is 10.00. The van der Waals surface area contributed by atoms with Crippen molar-refractivity contribution in [2.24, 2.45) is 11.8 Å². The molecule has 0 bridgehead atoms. The fraction of sp³-hybridized carbons (Fsp3) is 0.917. The Kier molecular flexibility index (Phi) is 4.53. The Morgan fingerprint density at radius 3 is 3.06 bits per heavy atom. The maximum Gasteiger partial charge on any atom is 0.237 e. The van der Waals surface area contributed by atoms with Gasteiger partial charge in [-0.2, -0.15) is 11.8 Å². The van der Waals surface area contributed by atoms with E-state index in [0.29, 0.717) is 11.8 Å². The molecule has 2 rings (SSSR count). The maximum atomic E-state index is 12.0. The lowest BCUT2D eigenvalue weighted by Crippen LogP contribution is -2.51. The number of nitrogens with one attached hydrogen (secondary N) is 2. The lowest BCUT2D eigenvalue weighted by atomic mass is 9.92. The third-order valence-corrected chi connectivity index (χ3v) is 4.87. The highest BCUT2D eigenvalue weighted by molar-refractivity contribution is 7.99. The van der Waals surface area contributed by atoms with Gasteiger partial charge in [-0.1, -0.05) is 6.92 Å². The first kappa shape index (κ1) is 12.2. The van der Waals surface area contributed by atoms with Crippen molar-refractivity contribution in [3.8, 4) is 0 Å². The van der Waals surface area contributed by atoms with Gasteiger partial charge in [0.15, 0.2) is 0 Å². The standard InChI is InChI=1S/C12H22N2OS/c1-9-3-2-5-13-11(9)12(15)14-7-10-4-6-16-8-10/h9-11,13H,2-8H2,1H3,(H,14,15). The molecule has 2 N–H and O–H groups in total. The van der Waals surface area contributed by atoms with Gasteiger partial charge in [0.25, 0.3) is 0 Å². The average Bonchev–Trinajstić information content (AvgIpc) is 2.79. The summed E-state index contributed by atoms with van der Waals surface area (Å²) >= 11 is 2.00. The summed E-state index contributed by atoms with van der Waals surface area (Å²) in [6, 6.07) is 0.0443. The van der Waals surface area contributed by atoms with Crippen molar-refractivity contribution in [1.82, 2.24) is 10.6 Å². The molecule has 2 aliphatic heterocycles. The molecule has 0 aromatic heterocycles. The van der Waals surface area contributed by atoms with Gasteiger partial charge in [0.05, 0.1) is 6.04 Å². The molecule has 0 spiro atoms. The van der Waals surface area contributed by atoms with Crippen molar-refractivity contribution >= 4 is 17.7 Å². The van der Waals surface area contributed by atoms with E-state index in [4.69, 9.17) is 0 Å². The van der Waals surface area contributed by atoms with E-state index in [-0.39, 0.29) is 11.9 Å². The zero-order chi connectivity index (χ0) is 11.4. The molecule has 2 fully saturated rings. The third-order valence-electron chi connectivity index (χ3n) is 3.64. The first-order valence-corrected chi connectivity index (χ1v) is 7.51. The second-order valence-corrected chi connectivity index (χ2v) is 6.18. The van der Waals surface area contributed by atoms with Gasteiger partial charge in [-0.15, -0.1) is 0 Å². The molecule has 2 aliphatic rings. The predicted octanol–water partition coefficient (Wildman–Crippen LogP) is 1.24. The monoisotopic (exact) mass is 242 g/mol. The topological polar surface area (TPSA) is 41.1 Å². The lowest BCUT2D eigenvalue weighted by Gasteiger charge is -2.29. The number of carbonyl (C=O) groups excluding carboxylic acids is 1. The van der Waals surface area contributed by atoms with Crippen molar-refractivity contribution < 1.29 is 4.79 Å². The van der Waals surface area contributed by atoms with Crippen LogP contribution in [0.3, 0.4) is 0 Å². The quantitative estimate of drug-likeness (QED) is 0.782. The van der Waals surface area contributed by atoms with Crippen LogP contribution < -0.4 is 10.6 Å². The van der Waals surface area contributed by atoms with Crippen molar-refractivity contribution in [3.63, 3.8) is 0 Å². The number of hydrogen-bond acceptors (Lipinski definition) is 3. The molecule has 1 amide bonds. The van der Waals surface area contributed by atoms with Crippen molar-refractivity contribution in [2.45, 2.75) is 32.2 Å². The summed E-state index contributed by atoms with van der Waals surface area (Å²) in [5.41, 5.74) is 0. The van der Waals surface area contributed by atoms with Crippen LogP contribution in [0, 0.1) is 11.8 Å². The Morgan fingerprint density at radius 2 is 2.38 bits per heavy atom. The normalized spacial score (nSPS) is 34.9. The molecule has 2 saturated heterocycles. The summed E-state index contributed by atoms with van der Waals surface area (Å²) in [6.07, 6.45) is 3.63. The number of thioether (sulfide) groups is 1. The third kappa shape index (κ3) is 3.14. The van der Waals surface area contributed by atoms with E-state index in [1.165, 1.54) is 30.8 Å². The first-order valence-electron chi connectivity index (χ1n) is 6.36. The molecular weight excluding hydrogens is 220 g/mol. The van der Waals surface area contributed by atoms with E-state index < -0.39 is 0 Å². The minimum atomic E-state index is 0.0443. The second kappa shape index (κ2) is 5.92. The molecule has 3 unspecified atom stereocenters. The summed E-state index contributed by atoms with van der Waals surface area (Å²) < 4.78 is 0. The van der Waals surface area contributed by atoms with Gasteiger partial charge in [-0.25, -0.2) is 0 Å². The smallest absolute Gasteiger partial charge is 0.237 e. The molecule has 3 nitrogen and oxygen atoms in total. The number of hydrogen-bond donors (Lipinski definition) is 2. The summed E-state index contributed by atoms with van der Waals surface area (Å²) in [5, 5.41) is 6.44. The van der Waals surface area contributed by atoms with Crippen molar-refractivity contribution in [2.75, 3.05) is 24.6 Å². The number of carbonyl (C=O) groups is 1. The molecule has 0 aromatic carbocycles. The Morgan fingerprint density at radius 1 is 1.50 bits per heavy atom. The van der Waals surface area contributed by atoms with E-state index >= 15 is 0 Å². The molecule has 2 heterocycles. The predicted molar refractivity (Wildman–Crippen MR) is 68.6 cm³/mol. The molecule has 3 atom stereocenters. The van der Waals surface area contributed by atoms with Gasteiger partial charge < -0.3 is 10.6 Å². The molecule has 0 saturated carbocycles. The van der Waals surface area contributed by atoms with E-state index in [0.717, 1.165) is 13.1 Å². The second-order valence-electron chi connectivity index (χ2n) is 5.03. The van der Waals surface area contributed by atoms with Crippen LogP contribution in [-0.2, 0) is 4.79 Å². The highest BCUT2D eigenvalue weighted by atomic mass is 32.2. The minimum Gasteiger partial charge on any atom is -0.354 e. The van der Waals surface area contributed by atoms with E-state index in [1.807, 2.05) is 11.8 Å². The first-order chi connectivity index (χ1) is 7.77. The Hall–Kier alpha value is -0.220. The van der Waals surface area contributed by atoms with E-state index in [2.05, 4.69) is 17.6 Å². The number of piperidine rings is 1.